The van der Waals surface area contributed by atoms with Crippen LogP contribution in [-0.4, -0.2) is 29.4 Å². The fourth-order valence-corrected chi connectivity index (χ4v) is 3.87. The quantitative estimate of drug-likeness (QED) is 0.851. The van der Waals surface area contributed by atoms with Crippen LogP contribution in [0.3, 0.4) is 0 Å². The molecule has 1 saturated carbocycles. The Hall–Kier alpha value is -1.84. The Morgan fingerprint density at radius 3 is 2.73 bits per heavy atom. The number of hydrogen-bond acceptors (Lipinski definition) is 3. The van der Waals surface area contributed by atoms with Crippen molar-refractivity contribution in [2.24, 2.45) is 5.92 Å². The summed E-state index contributed by atoms with van der Waals surface area (Å²) in [5, 5.41) is 0. The molecule has 4 nitrogen and oxygen atoms in total. The van der Waals surface area contributed by atoms with Crippen LogP contribution in [-0.2, 0) is 9.53 Å². The van der Waals surface area contributed by atoms with Crippen molar-refractivity contribution in [2.45, 2.75) is 51.1 Å². The van der Waals surface area contributed by atoms with Crippen molar-refractivity contribution in [1.29, 1.82) is 0 Å². The van der Waals surface area contributed by atoms with E-state index in [1.54, 1.807) is 0 Å². The molecule has 1 aliphatic heterocycles. The molecule has 0 N–H and O–H groups in total. The van der Waals surface area contributed by atoms with E-state index in [2.05, 4.69) is 6.92 Å². The van der Waals surface area contributed by atoms with Crippen LogP contribution >= 0.6 is 0 Å². The minimum absolute atomic E-state index is 0.0318. The molecule has 1 aliphatic carbocycles. The van der Waals surface area contributed by atoms with E-state index in [0.717, 1.165) is 24.8 Å². The summed E-state index contributed by atoms with van der Waals surface area (Å²) in [7, 11) is 0. The van der Waals surface area contributed by atoms with Crippen molar-refractivity contribution in [2.75, 3.05) is 6.61 Å². The minimum atomic E-state index is -0.237. The molecule has 22 heavy (non-hydrogen) atoms. The zero-order valence-electron chi connectivity index (χ0n) is 13.0. The third-order valence-electron chi connectivity index (χ3n) is 4.94. The van der Waals surface area contributed by atoms with Crippen molar-refractivity contribution >= 4 is 11.9 Å². The Kier molecular flexibility index (Phi) is 4.46. The first-order valence-electron chi connectivity index (χ1n) is 8.22. The van der Waals surface area contributed by atoms with Crippen LogP contribution in [0.5, 0.6) is 0 Å². The molecule has 1 aromatic rings. The largest absolute Gasteiger partial charge is 0.447 e. The highest BCUT2D eigenvalue weighted by molar-refractivity contribution is 5.79. The van der Waals surface area contributed by atoms with Gasteiger partial charge in [-0.1, -0.05) is 37.3 Å². The molecule has 1 heterocycles. The number of Topliss-reactive ketones (excluding diaryl/α,β-unsaturated/α-hetero) is 1. The lowest BCUT2D eigenvalue weighted by molar-refractivity contribution is -0.122. The number of carbonyl (C=O) groups is 2. The van der Waals surface area contributed by atoms with Crippen molar-refractivity contribution in [1.82, 2.24) is 4.90 Å². The molecule has 1 amide bonds. The van der Waals surface area contributed by atoms with Crippen molar-refractivity contribution in [3.05, 3.63) is 35.9 Å². The van der Waals surface area contributed by atoms with E-state index in [1.807, 2.05) is 35.2 Å². The molecule has 0 bridgehead atoms. The first-order chi connectivity index (χ1) is 10.7. The van der Waals surface area contributed by atoms with E-state index in [9.17, 15) is 9.59 Å². The summed E-state index contributed by atoms with van der Waals surface area (Å²) in [5.41, 5.74) is 1.11. The van der Waals surface area contributed by atoms with Crippen LogP contribution in [0.4, 0.5) is 4.79 Å². The number of hydrogen-bond donors (Lipinski definition) is 0. The summed E-state index contributed by atoms with van der Waals surface area (Å²) in [6.07, 6.45) is 3.88. The Morgan fingerprint density at radius 2 is 2.05 bits per heavy atom. The molecule has 2 aliphatic rings. The van der Waals surface area contributed by atoms with Crippen molar-refractivity contribution < 1.29 is 14.3 Å². The third kappa shape index (κ3) is 2.87. The monoisotopic (exact) mass is 301 g/mol. The molecule has 1 saturated heterocycles. The van der Waals surface area contributed by atoms with Gasteiger partial charge in [0.2, 0.25) is 0 Å². The Labute approximate surface area is 131 Å². The molecule has 0 unspecified atom stereocenters. The van der Waals surface area contributed by atoms with Crippen LogP contribution in [0.2, 0.25) is 0 Å². The van der Waals surface area contributed by atoms with Crippen molar-refractivity contribution in [3.8, 4) is 0 Å². The Balaban J connectivity index is 1.85. The number of ketones is 1. The van der Waals surface area contributed by atoms with Gasteiger partial charge in [0, 0.05) is 18.9 Å². The standard InChI is InChI=1S/C18H23NO3/c1-2-16(14-9-6-10-15(20)11-14)19-17(12-22-18(19)21)13-7-4-3-5-8-13/h3-5,7-8,14,16-17H,2,6,9-12H2,1H3/t14-,16-,17+/m0/s1. The smallest absolute Gasteiger partial charge is 0.410 e. The predicted octanol–water partition coefficient (Wildman–Crippen LogP) is 3.72. The van der Waals surface area contributed by atoms with Gasteiger partial charge in [-0.2, -0.15) is 0 Å². The molecule has 0 spiro atoms. The predicted molar refractivity (Wildman–Crippen MR) is 83.4 cm³/mol. The van der Waals surface area contributed by atoms with Gasteiger partial charge < -0.3 is 4.74 Å². The lowest BCUT2D eigenvalue weighted by Gasteiger charge is -2.37. The fourth-order valence-electron chi connectivity index (χ4n) is 3.87. The molecule has 2 fully saturated rings. The van der Waals surface area contributed by atoms with Gasteiger partial charge in [0.25, 0.3) is 0 Å². The third-order valence-corrected chi connectivity index (χ3v) is 4.94. The maximum Gasteiger partial charge on any atom is 0.410 e. The molecule has 0 aromatic heterocycles. The van der Waals surface area contributed by atoms with E-state index >= 15 is 0 Å². The van der Waals surface area contributed by atoms with Crippen LogP contribution in [0.25, 0.3) is 0 Å². The molecular formula is C18H23NO3. The Morgan fingerprint density at radius 1 is 1.27 bits per heavy atom. The van der Waals surface area contributed by atoms with Gasteiger partial charge in [0.1, 0.15) is 12.4 Å². The van der Waals surface area contributed by atoms with Crippen LogP contribution < -0.4 is 0 Å². The summed E-state index contributed by atoms with van der Waals surface area (Å²) in [6, 6.07) is 10.1. The van der Waals surface area contributed by atoms with Gasteiger partial charge in [0.05, 0.1) is 6.04 Å². The van der Waals surface area contributed by atoms with Gasteiger partial charge in [-0.3, -0.25) is 9.69 Å². The molecule has 0 radical (unpaired) electrons. The lowest BCUT2D eigenvalue weighted by Crippen LogP contribution is -2.44. The first kappa shape index (κ1) is 15.1. The van der Waals surface area contributed by atoms with Crippen LogP contribution in [0.1, 0.15) is 50.6 Å². The van der Waals surface area contributed by atoms with Gasteiger partial charge in [-0.05, 0) is 30.7 Å². The summed E-state index contributed by atoms with van der Waals surface area (Å²) in [6.45, 7) is 2.50. The summed E-state index contributed by atoms with van der Waals surface area (Å²) < 4.78 is 5.34. The van der Waals surface area contributed by atoms with Gasteiger partial charge in [0.15, 0.2) is 0 Å². The zero-order chi connectivity index (χ0) is 15.5. The van der Waals surface area contributed by atoms with Crippen LogP contribution in [0, 0.1) is 5.92 Å². The highest BCUT2D eigenvalue weighted by Crippen LogP contribution is 2.37. The summed E-state index contributed by atoms with van der Waals surface area (Å²) in [5.74, 6) is 0.599. The number of rotatable bonds is 4. The normalized spacial score (nSPS) is 26.9. The number of benzene rings is 1. The van der Waals surface area contributed by atoms with E-state index in [1.165, 1.54) is 0 Å². The second-order valence-electron chi connectivity index (χ2n) is 6.28. The fraction of sp³-hybridized carbons (Fsp3) is 0.556. The molecule has 118 valence electrons. The highest BCUT2D eigenvalue weighted by Gasteiger charge is 2.42. The molecule has 3 atom stereocenters. The highest BCUT2D eigenvalue weighted by atomic mass is 16.6. The average molecular weight is 301 g/mol. The molecule has 4 heteroatoms. The SMILES string of the molecule is CC[C@@H]([C@H]1CCCC(=O)C1)N1C(=O)OC[C@@H]1c1ccccc1. The van der Waals surface area contributed by atoms with Gasteiger partial charge >= 0.3 is 6.09 Å². The second-order valence-corrected chi connectivity index (χ2v) is 6.28. The second kappa shape index (κ2) is 6.51. The number of amides is 1. The number of nitrogens with zero attached hydrogens (tertiary/aromatic N) is 1. The maximum absolute atomic E-state index is 12.3. The van der Waals surface area contributed by atoms with E-state index in [0.29, 0.717) is 25.2 Å². The number of carbonyl (C=O) groups excluding carboxylic acids is 2. The minimum Gasteiger partial charge on any atom is -0.447 e. The summed E-state index contributed by atoms with van der Waals surface area (Å²) >= 11 is 0. The number of cyclic esters (lactones) is 1. The van der Waals surface area contributed by atoms with Gasteiger partial charge in [-0.15, -0.1) is 0 Å². The van der Waals surface area contributed by atoms with E-state index < -0.39 is 0 Å². The maximum atomic E-state index is 12.3. The van der Waals surface area contributed by atoms with Crippen molar-refractivity contribution in [3.63, 3.8) is 0 Å². The molecule has 1 aromatic carbocycles. The summed E-state index contributed by atoms with van der Waals surface area (Å²) in [4.78, 5) is 26.0. The zero-order valence-corrected chi connectivity index (χ0v) is 13.0. The number of ether oxygens (including phenoxy) is 1. The van der Waals surface area contributed by atoms with Gasteiger partial charge in [-0.25, -0.2) is 4.79 Å². The topological polar surface area (TPSA) is 46.6 Å². The first-order valence-corrected chi connectivity index (χ1v) is 8.22. The molecule has 3 rings (SSSR count). The molecular weight excluding hydrogens is 278 g/mol. The van der Waals surface area contributed by atoms with E-state index in [-0.39, 0.29) is 24.1 Å². The average Bonchev–Trinajstić information content (AvgIpc) is 2.91. The Bertz CT molecular complexity index is 543. The van der Waals surface area contributed by atoms with E-state index in [4.69, 9.17) is 4.74 Å². The van der Waals surface area contributed by atoms with Crippen LogP contribution in [0.15, 0.2) is 30.3 Å². The lowest BCUT2D eigenvalue weighted by atomic mass is 9.81.